The van der Waals surface area contributed by atoms with Crippen molar-refractivity contribution in [1.29, 1.82) is 5.26 Å². The van der Waals surface area contributed by atoms with Gasteiger partial charge in [0, 0.05) is 11.9 Å². The van der Waals surface area contributed by atoms with Crippen LogP contribution in [0.3, 0.4) is 0 Å². The van der Waals surface area contributed by atoms with Crippen molar-refractivity contribution in [2.24, 2.45) is 0 Å². The molecular formula is C11H7N3O2. The van der Waals surface area contributed by atoms with Crippen molar-refractivity contribution < 1.29 is 9.90 Å². The Labute approximate surface area is 91.2 Å². The van der Waals surface area contributed by atoms with Crippen molar-refractivity contribution in [2.45, 2.75) is 0 Å². The Kier molecular flexibility index (Phi) is 2.40. The van der Waals surface area contributed by atoms with Crippen LogP contribution in [0.1, 0.15) is 16.1 Å². The second-order valence-electron chi connectivity index (χ2n) is 3.13. The minimum atomic E-state index is -1.06. The van der Waals surface area contributed by atoms with Crippen molar-refractivity contribution in [1.82, 2.24) is 9.55 Å². The van der Waals surface area contributed by atoms with Crippen LogP contribution in [0.4, 0.5) is 0 Å². The molecule has 0 spiro atoms. The number of hydrogen-bond acceptors (Lipinski definition) is 3. The van der Waals surface area contributed by atoms with Gasteiger partial charge in [0.25, 0.3) is 0 Å². The highest BCUT2D eigenvalue weighted by atomic mass is 16.4. The number of carbonyl (C=O) groups is 1. The molecule has 1 aromatic heterocycles. The molecule has 0 radical (unpaired) electrons. The number of rotatable bonds is 2. The standard InChI is InChI=1S/C11H7N3O2/c12-5-8-1-3-9(4-2-8)14-6-10(11(15)16)13-7-14/h1-4,6-7H,(H,15,16). The molecule has 0 aliphatic rings. The zero-order valence-electron chi connectivity index (χ0n) is 8.16. The van der Waals surface area contributed by atoms with Crippen molar-refractivity contribution in [3.8, 4) is 11.8 Å². The van der Waals surface area contributed by atoms with E-state index in [9.17, 15) is 4.79 Å². The van der Waals surface area contributed by atoms with Gasteiger partial charge in [-0.05, 0) is 24.3 Å². The van der Waals surface area contributed by atoms with Gasteiger partial charge in [-0.2, -0.15) is 5.26 Å². The molecule has 0 saturated heterocycles. The van der Waals surface area contributed by atoms with E-state index >= 15 is 0 Å². The summed E-state index contributed by atoms with van der Waals surface area (Å²) in [7, 11) is 0. The maximum Gasteiger partial charge on any atom is 0.356 e. The molecule has 78 valence electrons. The average molecular weight is 213 g/mol. The molecule has 0 unspecified atom stereocenters. The fourth-order valence-electron chi connectivity index (χ4n) is 1.28. The Hall–Kier alpha value is -2.61. The van der Waals surface area contributed by atoms with Crippen LogP contribution in [-0.4, -0.2) is 20.6 Å². The summed E-state index contributed by atoms with van der Waals surface area (Å²) in [5.41, 5.74) is 1.31. The Morgan fingerprint density at radius 2 is 2.06 bits per heavy atom. The predicted molar refractivity (Wildman–Crippen MR) is 55.2 cm³/mol. The van der Waals surface area contributed by atoms with E-state index in [1.54, 1.807) is 28.8 Å². The quantitative estimate of drug-likeness (QED) is 0.818. The molecule has 2 aromatic rings. The summed E-state index contributed by atoms with van der Waals surface area (Å²) in [5.74, 6) is -1.06. The molecule has 5 nitrogen and oxygen atoms in total. The Balaban J connectivity index is 2.36. The van der Waals surface area contributed by atoms with Gasteiger partial charge in [-0.3, -0.25) is 0 Å². The highest BCUT2D eigenvalue weighted by Crippen LogP contribution is 2.10. The summed E-state index contributed by atoms with van der Waals surface area (Å²) in [6.07, 6.45) is 2.84. The smallest absolute Gasteiger partial charge is 0.356 e. The predicted octanol–water partition coefficient (Wildman–Crippen LogP) is 1.44. The molecular weight excluding hydrogens is 206 g/mol. The topological polar surface area (TPSA) is 78.9 Å². The Bertz CT molecular complexity index is 564. The van der Waals surface area contributed by atoms with Gasteiger partial charge in [-0.25, -0.2) is 9.78 Å². The van der Waals surface area contributed by atoms with E-state index in [1.807, 2.05) is 6.07 Å². The summed E-state index contributed by atoms with van der Waals surface area (Å²) in [6, 6.07) is 8.79. The van der Waals surface area contributed by atoms with Gasteiger partial charge in [0.1, 0.15) is 6.33 Å². The van der Waals surface area contributed by atoms with Crippen molar-refractivity contribution in [2.75, 3.05) is 0 Å². The molecule has 0 amide bonds. The van der Waals surface area contributed by atoms with Crippen LogP contribution < -0.4 is 0 Å². The normalized spacial score (nSPS) is 9.69. The van der Waals surface area contributed by atoms with Crippen LogP contribution in [-0.2, 0) is 0 Å². The average Bonchev–Trinajstić information content (AvgIpc) is 2.78. The molecule has 2 rings (SSSR count). The third-order valence-corrected chi connectivity index (χ3v) is 2.10. The second kappa shape index (κ2) is 3.87. The highest BCUT2D eigenvalue weighted by Gasteiger charge is 2.07. The zero-order chi connectivity index (χ0) is 11.5. The lowest BCUT2D eigenvalue weighted by Gasteiger charge is -2.00. The molecule has 1 heterocycles. The maximum absolute atomic E-state index is 10.6. The van der Waals surface area contributed by atoms with E-state index in [0.717, 1.165) is 5.69 Å². The monoisotopic (exact) mass is 213 g/mol. The van der Waals surface area contributed by atoms with E-state index in [0.29, 0.717) is 5.56 Å². The van der Waals surface area contributed by atoms with Gasteiger partial charge in [-0.15, -0.1) is 0 Å². The third-order valence-electron chi connectivity index (χ3n) is 2.10. The number of carboxylic acid groups (broad SMARTS) is 1. The van der Waals surface area contributed by atoms with E-state index in [4.69, 9.17) is 10.4 Å². The molecule has 0 aliphatic heterocycles. The largest absolute Gasteiger partial charge is 0.476 e. The molecule has 0 fully saturated rings. The fraction of sp³-hybridized carbons (Fsp3) is 0. The zero-order valence-corrected chi connectivity index (χ0v) is 8.16. The number of imidazole rings is 1. The van der Waals surface area contributed by atoms with Crippen molar-refractivity contribution in [3.05, 3.63) is 48.0 Å². The molecule has 1 N–H and O–H groups in total. The fourth-order valence-corrected chi connectivity index (χ4v) is 1.28. The van der Waals surface area contributed by atoms with Crippen molar-refractivity contribution in [3.63, 3.8) is 0 Å². The lowest BCUT2D eigenvalue weighted by Crippen LogP contribution is -1.95. The Morgan fingerprint density at radius 3 is 2.56 bits per heavy atom. The highest BCUT2D eigenvalue weighted by molar-refractivity contribution is 5.85. The number of aromatic carboxylic acids is 1. The number of nitrogens with zero attached hydrogens (tertiary/aromatic N) is 3. The first-order valence-electron chi connectivity index (χ1n) is 4.48. The first-order chi connectivity index (χ1) is 7.70. The summed E-state index contributed by atoms with van der Waals surface area (Å²) >= 11 is 0. The number of carboxylic acids is 1. The van der Waals surface area contributed by atoms with Gasteiger partial charge in [-0.1, -0.05) is 0 Å². The van der Waals surface area contributed by atoms with Crippen molar-refractivity contribution >= 4 is 5.97 Å². The second-order valence-corrected chi connectivity index (χ2v) is 3.13. The summed E-state index contributed by atoms with van der Waals surface area (Å²) in [4.78, 5) is 14.4. The lowest BCUT2D eigenvalue weighted by atomic mass is 10.2. The molecule has 0 atom stereocenters. The van der Waals surface area contributed by atoms with Crippen LogP contribution >= 0.6 is 0 Å². The molecule has 0 aliphatic carbocycles. The van der Waals surface area contributed by atoms with Gasteiger partial charge < -0.3 is 9.67 Å². The van der Waals surface area contributed by atoms with Gasteiger partial charge >= 0.3 is 5.97 Å². The molecule has 16 heavy (non-hydrogen) atoms. The summed E-state index contributed by atoms with van der Waals surface area (Å²) in [6.45, 7) is 0. The lowest BCUT2D eigenvalue weighted by molar-refractivity contribution is 0.0691. The van der Waals surface area contributed by atoms with Crippen LogP contribution in [0.5, 0.6) is 0 Å². The maximum atomic E-state index is 10.6. The molecule has 0 bridgehead atoms. The summed E-state index contributed by atoms with van der Waals surface area (Å²) < 4.78 is 1.59. The van der Waals surface area contributed by atoms with Gasteiger partial charge in [0.15, 0.2) is 5.69 Å². The number of nitriles is 1. The number of hydrogen-bond donors (Lipinski definition) is 1. The van der Waals surface area contributed by atoms with E-state index in [1.165, 1.54) is 12.5 Å². The SMILES string of the molecule is N#Cc1ccc(-n2cnc(C(=O)O)c2)cc1. The van der Waals surface area contributed by atoms with Gasteiger partial charge in [0.2, 0.25) is 0 Å². The summed E-state index contributed by atoms with van der Waals surface area (Å²) in [5, 5.41) is 17.3. The minimum absolute atomic E-state index is 0.00985. The third kappa shape index (κ3) is 1.77. The van der Waals surface area contributed by atoms with Crippen LogP contribution in [0, 0.1) is 11.3 Å². The van der Waals surface area contributed by atoms with Crippen LogP contribution in [0.25, 0.3) is 5.69 Å². The minimum Gasteiger partial charge on any atom is -0.476 e. The Morgan fingerprint density at radius 1 is 1.38 bits per heavy atom. The molecule has 1 aromatic carbocycles. The number of benzene rings is 1. The van der Waals surface area contributed by atoms with Crippen LogP contribution in [0.2, 0.25) is 0 Å². The molecule has 0 saturated carbocycles. The number of aromatic nitrogens is 2. The first kappa shape index (κ1) is 9.93. The van der Waals surface area contributed by atoms with Crippen LogP contribution in [0.15, 0.2) is 36.8 Å². The first-order valence-corrected chi connectivity index (χ1v) is 4.48. The molecule has 5 heteroatoms. The van der Waals surface area contributed by atoms with Gasteiger partial charge in [0.05, 0.1) is 11.6 Å². The van der Waals surface area contributed by atoms with E-state index in [-0.39, 0.29) is 5.69 Å². The van der Waals surface area contributed by atoms with E-state index in [2.05, 4.69) is 4.98 Å². The van der Waals surface area contributed by atoms with E-state index < -0.39 is 5.97 Å².